The summed E-state index contributed by atoms with van der Waals surface area (Å²) in [5, 5.41) is 8.19. The van der Waals surface area contributed by atoms with E-state index in [0.717, 1.165) is 24.0 Å². The Morgan fingerprint density at radius 1 is 1.44 bits per heavy atom. The molecule has 0 atom stereocenters. The van der Waals surface area contributed by atoms with Crippen LogP contribution in [0.1, 0.15) is 18.5 Å². The fourth-order valence-corrected chi connectivity index (χ4v) is 1.59. The summed E-state index contributed by atoms with van der Waals surface area (Å²) >= 11 is 0. The normalized spacial score (nSPS) is 14.5. The summed E-state index contributed by atoms with van der Waals surface area (Å²) in [6.07, 6.45) is 7.96. The van der Waals surface area contributed by atoms with Crippen molar-refractivity contribution in [1.29, 1.82) is 0 Å². The lowest BCUT2D eigenvalue weighted by atomic mass is 10.3. The summed E-state index contributed by atoms with van der Waals surface area (Å²) in [7, 11) is 0. The fraction of sp³-hybridized carbons (Fsp3) is 0.500. The molecule has 0 saturated heterocycles. The number of aromatic nitrogens is 2. The van der Waals surface area contributed by atoms with Crippen molar-refractivity contribution < 1.29 is 0 Å². The molecule has 0 bridgehead atoms. The molecule has 0 spiro atoms. The van der Waals surface area contributed by atoms with Crippen molar-refractivity contribution in [3.05, 3.63) is 17.8 Å². The average molecular weight is 216 g/mol. The molecule has 4 nitrogen and oxygen atoms in total. The van der Waals surface area contributed by atoms with Crippen LogP contribution < -0.4 is 10.6 Å². The van der Waals surface area contributed by atoms with Crippen LogP contribution in [0.2, 0.25) is 0 Å². The highest BCUT2D eigenvalue weighted by atomic mass is 15.3. The van der Waals surface area contributed by atoms with Gasteiger partial charge in [0.2, 0.25) is 0 Å². The van der Waals surface area contributed by atoms with Gasteiger partial charge in [-0.3, -0.25) is 0 Å². The van der Waals surface area contributed by atoms with Gasteiger partial charge in [0.1, 0.15) is 0 Å². The van der Waals surface area contributed by atoms with Crippen LogP contribution in [-0.2, 0) is 6.54 Å². The van der Waals surface area contributed by atoms with Crippen LogP contribution in [0, 0.1) is 18.3 Å². The maximum atomic E-state index is 5.48. The van der Waals surface area contributed by atoms with Crippen molar-refractivity contribution in [2.45, 2.75) is 19.4 Å². The molecule has 1 aromatic heterocycles. The quantitative estimate of drug-likeness (QED) is 0.739. The van der Waals surface area contributed by atoms with E-state index in [9.17, 15) is 0 Å². The van der Waals surface area contributed by atoms with Gasteiger partial charge < -0.3 is 10.6 Å². The minimum atomic E-state index is 0.422. The predicted molar refractivity (Wildman–Crippen MR) is 63.7 cm³/mol. The van der Waals surface area contributed by atoms with Gasteiger partial charge in [-0.05, 0) is 30.9 Å². The van der Waals surface area contributed by atoms with E-state index in [4.69, 9.17) is 12.2 Å². The van der Waals surface area contributed by atoms with Crippen LogP contribution in [0.4, 0.5) is 5.82 Å². The maximum absolute atomic E-state index is 5.48. The Balaban J connectivity index is 2.07. The lowest BCUT2D eigenvalue weighted by Crippen LogP contribution is -2.27. The number of nitrogens with zero attached hydrogens (tertiary/aromatic N) is 3. The second-order valence-electron chi connectivity index (χ2n) is 4.12. The lowest BCUT2D eigenvalue weighted by Gasteiger charge is -2.20. The van der Waals surface area contributed by atoms with E-state index >= 15 is 0 Å². The highest BCUT2D eigenvalue weighted by molar-refractivity contribution is 5.39. The van der Waals surface area contributed by atoms with Gasteiger partial charge in [-0.2, -0.15) is 5.10 Å². The Labute approximate surface area is 95.9 Å². The zero-order chi connectivity index (χ0) is 11.4. The summed E-state index contributed by atoms with van der Waals surface area (Å²) < 4.78 is 0. The number of hydrogen-bond donors (Lipinski definition) is 1. The number of hydrogen-bond acceptors (Lipinski definition) is 4. The Morgan fingerprint density at radius 2 is 2.25 bits per heavy atom. The molecule has 0 unspecified atom stereocenters. The topological polar surface area (TPSA) is 55.0 Å². The van der Waals surface area contributed by atoms with Gasteiger partial charge in [0.25, 0.3) is 0 Å². The minimum absolute atomic E-state index is 0.422. The van der Waals surface area contributed by atoms with Gasteiger partial charge in [0.05, 0.1) is 12.2 Å². The number of rotatable bonds is 5. The monoisotopic (exact) mass is 216 g/mol. The fourth-order valence-electron chi connectivity index (χ4n) is 1.59. The van der Waals surface area contributed by atoms with Crippen LogP contribution in [-0.4, -0.2) is 23.3 Å². The standard InChI is InChI=1S/C12H16N4/c1-2-7-16(9-10-3-4-10)12-6-5-11(8-13)14-15-12/h1,5-6,10H,3-4,7-9,13H2. The van der Waals surface area contributed by atoms with Crippen molar-refractivity contribution in [3.63, 3.8) is 0 Å². The summed E-state index contributed by atoms with van der Waals surface area (Å²) in [6.45, 7) is 2.00. The van der Waals surface area contributed by atoms with Crippen molar-refractivity contribution in [3.8, 4) is 12.3 Å². The van der Waals surface area contributed by atoms with Gasteiger partial charge in [0.15, 0.2) is 5.82 Å². The third-order valence-corrected chi connectivity index (χ3v) is 2.70. The molecule has 1 aliphatic carbocycles. The highest BCUT2D eigenvalue weighted by Crippen LogP contribution is 2.30. The van der Waals surface area contributed by atoms with Gasteiger partial charge in [-0.25, -0.2) is 0 Å². The van der Waals surface area contributed by atoms with E-state index in [0.29, 0.717) is 13.1 Å². The van der Waals surface area contributed by atoms with E-state index < -0.39 is 0 Å². The predicted octanol–water partition coefficient (Wildman–Crippen LogP) is 0.785. The summed E-state index contributed by atoms with van der Waals surface area (Å²) in [6, 6.07) is 3.84. The van der Waals surface area contributed by atoms with Crippen LogP contribution in [0.3, 0.4) is 0 Å². The van der Waals surface area contributed by atoms with Crippen LogP contribution in [0.5, 0.6) is 0 Å². The molecule has 1 aliphatic rings. The first-order valence-corrected chi connectivity index (χ1v) is 5.54. The first kappa shape index (κ1) is 10.9. The van der Waals surface area contributed by atoms with Gasteiger partial charge in [-0.15, -0.1) is 11.5 Å². The highest BCUT2D eigenvalue weighted by Gasteiger charge is 2.24. The lowest BCUT2D eigenvalue weighted by molar-refractivity contribution is 0.741. The van der Waals surface area contributed by atoms with Crippen LogP contribution >= 0.6 is 0 Å². The molecule has 0 radical (unpaired) electrons. The van der Waals surface area contributed by atoms with Crippen molar-refractivity contribution >= 4 is 5.82 Å². The molecule has 0 amide bonds. The third-order valence-electron chi connectivity index (χ3n) is 2.70. The molecule has 84 valence electrons. The minimum Gasteiger partial charge on any atom is -0.344 e. The number of terminal acetylenes is 1. The van der Waals surface area contributed by atoms with Gasteiger partial charge >= 0.3 is 0 Å². The molecule has 0 aromatic carbocycles. The second-order valence-corrected chi connectivity index (χ2v) is 4.12. The molecule has 1 fully saturated rings. The first-order valence-electron chi connectivity index (χ1n) is 5.54. The largest absolute Gasteiger partial charge is 0.344 e. The number of anilines is 1. The van der Waals surface area contributed by atoms with Gasteiger partial charge in [-0.1, -0.05) is 5.92 Å². The number of nitrogens with two attached hydrogens (primary N) is 1. The van der Waals surface area contributed by atoms with Crippen LogP contribution in [0.15, 0.2) is 12.1 Å². The van der Waals surface area contributed by atoms with Crippen molar-refractivity contribution in [2.75, 3.05) is 18.0 Å². The van der Waals surface area contributed by atoms with Crippen molar-refractivity contribution in [2.24, 2.45) is 11.7 Å². The third kappa shape index (κ3) is 2.71. The Hall–Kier alpha value is -1.60. The first-order chi connectivity index (χ1) is 7.83. The van der Waals surface area contributed by atoms with E-state index in [1.807, 2.05) is 12.1 Å². The Morgan fingerprint density at radius 3 is 2.75 bits per heavy atom. The summed E-state index contributed by atoms with van der Waals surface area (Å²) in [5.41, 5.74) is 6.28. The zero-order valence-corrected chi connectivity index (χ0v) is 9.26. The molecule has 1 aromatic rings. The average Bonchev–Trinajstić information content (AvgIpc) is 3.13. The molecule has 1 heterocycles. The Bertz CT molecular complexity index is 375. The molecule has 0 aliphatic heterocycles. The van der Waals surface area contributed by atoms with E-state index in [1.54, 1.807) is 0 Å². The summed E-state index contributed by atoms with van der Waals surface area (Å²) in [5.74, 6) is 4.29. The Kier molecular flexibility index (Phi) is 3.37. The maximum Gasteiger partial charge on any atom is 0.152 e. The SMILES string of the molecule is C#CCN(CC1CC1)c1ccc(CN)nn1. The van der Waals surface area contributed by atoms with Gasteiger partial charge in [0, 0.05) is 13.1 Å². The van der Waals surface area contributed by atoms with E-state index in [2.05, 4.69) is 21.0 Å². The molecule has 16 heavy (non-hydrogen) atoms. The molecule has 4 heteroatoms. The molecule has 2 N–H and O–H groups in total. The molecular formula is C12H16N4. The molecular weight excluding hydrogens is 200 g/mol. The van der Waals surface area contributed by atoms with E-state index in [-0.39, 0.29) is 0 Å². The molecule has 1 saturated carbocycles. The second kappa shape index (κ2) is 4.95. The summed E-state index contributed by atoms with van der Waals surface area (Å²) in [4.78, 5) is 2.10. The van der Waals surface area contributed by atoms with E-state index in [1.165, 1.54) is 12.8 Å². The smallest absolute Gasteiger partial charge is 0.152 e. The molecule has 2 rings (SSSR count). The van der Waals surface area contributed by atoms with Crippen LogP contribution in [0.25, 0.3) is 0 Å². The zero-order valence-electron chi connectivity index (χ0n) is 9.26. The van der Waals surface area contributed by atoms with Crippen molar-refractivity contribution in [1.82, 2.24) is 10.2 Å².